The molecule has 0 spiro atoms. The Hall–Kier alpha value is -1.84. The fraction of sp³-hybridized carbons (Fsp3) is 0.222. The van der Waals surface area contributed by atoms with E-state index in [-0.39, 0.29) is 11.3 Å². The number of halogens is 2. The van der Waals surface area contributed by atoms with E-state index < -0.39 is 0 Å². The van der Waals surface area contributed by atoms with Crippen molar-refractivity contribution < 1.29 is 4.79 Å². The van der Waals surface area contributed by atoms with Gasteiger partial charge in [0.1, 0.15) is 0 Å². The number of carbonyl (C=O) groups is 1. The predicted molar refractivity (Wildman–Crippen MR) is 96.7 cm³/mol. The fourth-order valence-corrected chi connectivity index (χ4v) is 2.23. The Morgan fingerprint density at radius 1 is 1.04 bits per heavy atom. The van der Waals surface area contributed by atoms with Crippen molar-refractivity contribution in [2.45, 2.75) is 26.2 Å². The van der Waals surface area contributed by atoms with Gasteiger partial charge >= 0.3 is 0 Å². The highest BCUT2D eigenvalue weighted by Gasteiger charge is 2.12. The Labute approximate surface area is 146 Å². The monoisotopic (exact) mass is 348 g/mol. The van der Waals surface area contributed by atoms with Crippen molar-refractivity contribution in [1.29, 1.82) is 0 Å². The zero-order chi connectivity index (χ0) is 17.0. The van der Waals surface area contributed by atoms with Crippen LogP contribution in [0.25, 0.3) is 0 Å². The van der Waals surface area contributed by atoms with Gasteiger partial charge in [-0.3, -0.25) is 4.79 Å². The van der Waals surface area contributed by atoms with Gasteiger partial charge in [0, 0.05) is 5.56 Å². The Balaban J connectivity index is 2.01. The first-order chi connectivity index (χ1) is 10.8. The molecule has 3 nitrogen and oxygen atoms in total. The summed E-state index contributed by atoms with van der Waals surface area (Å²) in [6.07, 6.45) is 1.60. The molecule has 0 saturated carbocycles. The van der Waals surface area contributed by atoms with Crippen LogP contribution in [0.15, 0.2) is 47.6 Å². The van der Waals surface area contributed by atoms with Gasteiger partial charge in [-0.1, -0.05) is 68.2 Å². The third-order valence-electron chi connectivity index (χ3n) is 3.34. The smallest absolute Gasteiger partial charge is 0.267 e. The Bertz CT molecular complexity index is 732. The molecule has 0 radical (unpaired) electrons. The van der Waals surface area contributed by atoms with Crippen molar-refractivity contribution in [3.05, 3.63) is 69.2 Å². The van der Waals surface area contributed by atoms with Crippen molar-refractivity contribution in [2.75, 3.05) is 0 Å². The summed E-state index contributed by atoms with van der Waals surface area (Å²) < 4.78 is 0. The number of hydrogen-bond acceptors (Lipinski definition) is 2. The second-order valence-electron chi connectivity index (χ2n) is 6.20. The molecule has 1 N–H and O–H groups in total. The lowest BCUT2D eigenvalue weighted by Crippen LogP contribution is -2.17. The van der Waals surface area contributed by atoms with Gasteiger partial charge in [0.25, 0.3) is 5.91 Å². The number of carbonyl (C=O) groups excluding carboxylic acids is 1. The van der Waals surface area contributed by atoms with Crippen LogP contribution in [0.2, 0.25) is 10.0 Å². The number of nitrogens with zero attached hydrogens (tertiary/aromatic N) is 1. The molecule has 23 heavy (non-hydrogen) atoms. The molecule has 1 amide bonds. The number of hydrogen-bond donors (Lipinski definition) is 1. The number of benzene rings is 2. The van der Waals surface area contributed by atoms with Crippen LogP contribution in [-0.2, 0) is 5.41 Å². The molecular weight excluding hydrogens is 331 g/mol. The van der Waals surface area contributed by atoms with Crippen LogP contribution in [0, 0.1) is 0 Å². The summed E-state index contributed by atoms with van der Waals surface area (Å²) in [5, 5.41) is 4.70. The summed E-state index contributed by atoms with van der Waals surface area (Å²) in [6, 6.07) is 12.7. The van der Waals surface area contributed by atoms with Gasteiger partial charge in [-0.2, -0.15) is 5.10 Å². The molecule has 0 saturated heterocycles. The van der Waals surface area contributed by atoms with E-state index in [1.807, 2.05) is 12.1 Å². The summed E-state index contributed by atoms with van der Waals surface area (Å²) in [4.78, 5) is 12.0. The van der Waals surface area contributed by atoms with E-state index in [0.29, 0.717) is 15.6 Å². The van der Waals surface area contributed by atoms with E-state index in [4.69, 9.17) is 23.2 Å². The van der Waals surface area contributed by atoms with Crippen LogP contribution in [0.1, 0.15) is 42.3 Å². The van der Waals surface area contributed by atoms with E-state index in [0.717, 1.165) is 5.56 Å². The molecule has 5 heteroatoms. The lowest BCUT2D eigenvalue weighted by Gasteiger charge is -2.18. The number of amides is 1. The van der Waals surface area contributed by atoms with Crippen molar-refractivity contribution in [3.63, 3.8) is 0 Å². The average molecular weight is 349 g/mol. The maximum absolute atomic E-state index is 12.0. The molecule has 120 valence electrons. The average Bonchev–Trinajstić information content (AvgIpc) is 2.49. The molecule has 0 heterocycles. The zero-order valence-corrected chi connectivity index (χ0v) is 14.7. The highest BCUT2D eigenvalue weighted by Crippen LogP contribution is 2.23. The van der Waals surface area contributed by atoms with Gasteiger partial charge in [-0.25, -0.2) is 5.43 Å². The minimum absolute atomic E-state index is 0.109. The third kappa shape index (κ3) is 4.81. The number of nitrogens with one attached hydrogen (secondary N) is 1. The zero-order valence-electron chi connectivity index (χ0n) is 13.2. The molecule has 0 aromatic heterocycles. The predicted octanol–water partition coefficient (Wildman–Crippen LogP) is 5.05. The van der Waals surface area contributed by atoms with Gasteiger partial charge in [0.05, 0.1) is 16.3 Å². The van der Waals surface area contributed by atoms with Crippen LogP contribution in [0.3, 0.4) is 0 Å². The molecule has 0 atom stereocenters. The van der Waals surface area contributed by atoms with E-state index in [1.165, 1.54) is 11.6 Å². The minimum Gasteiger partial charge on any atom is -0.267 e. The molecule has 2 aromatic carbocycles. The van der Waals surface area contributed by atoms with Gasteiger partial charge in [0.15, 0.2) is 0 Å². The standard InChI is InChI=1S/C18H18Cl2N2O/c1-18(2,3)14-7-4-12(5-8-14)11-21-22-17(23)13-6-9-15(19)16(20)10-13/h4-11H,1-3H3,(H,22,23)/b21-11+. The van der Waals surface area contributed by atoms with Crippen molar-refractivity contribution in [3.8, 4) is 0 Å². The normalized spacial score (nSPS) is 11.7. The van der Waals surface area contributed by atoms with Crippen molar-refractivity contribution in [1.82, 2.24) is 5.43 Å². The summed E-state index contributed by atoms with van der Waals surface area (Å²) in [7, 11) is 0. The van der Waals surface area contributed by atoms with Crippen LogP contribution < -0.4 is 5.43 Å². The first-order valence-corrected chi connectivity index (χ1v) is 7.92. The second kappa shape index (κ2) is 7.16. The van der Waals surface area contributed by atoms with Crippen molar-refractivity contribution in [2.24, 2.45) is 5.10 Å². The molecule has 0 bridgehead atoms. The lowest BCUT2D eigenvalue weighted by molar-refractivity contribution is 0.0955. The van der Waals surface area contributed by atoms with Crippen LogP contribution in [0.5, 0.6) is 0 Å². The summed E-state index contributed by atoms with van der Waals surface area (Å²) in [6.45, 7) is 6.48. The van der Waals surface area contributed by atoms with Crippen LogP contribution in [0.4, 0.5) is 0 Å². The molecule has 0 aliphatic heterocycles. The Morgan fingerprint density at radius 2 is 1.70 bits per heavy atom. The SMILES string of the molecule is CC(C)(C)c1ccc(/C=N/NC(=O)c2ccc(Cl)c(Cl)c2)cc1. The first kappa shape index (κ1) is 17.5. The maximum Gasteiger partial charge on any atom is 0.271 e. The first-order valence-electron chi connectivity index (χ1n) is 7.16. The van der Waals surface area contributed by atoms with E-state index in [9.17, 15) is 4.79 Å². The second-order valence-corrected chi connectivity index (χ2v) is 7.01. The van der Waals surface area contributed by atoms with E-state index >= 15 is 0 Å². The maximum atomic E-state index is 12.0. The van der Waals surface area contributed by atoms with E-state index in [2.05, 4.69) is 43.4 Å². The van der Waals surface area contributed by atoms with Gasteiger partial charge in [0.2, 0.25) is 0 Å². The Morgan fingerprint density at radius 3 is 2.26 bits per heavy atom. The fourth-order valence-electron chi connectivity index (χ4n) is 1.94. The van der Waals surface area contributed by atoms with Gasteiger partial charge in [-0.05, 0) is 34.7 Å². The Kier molecular flexibility index (Phi) is 5.45. The molecule has 2 aromatic rings. The summed E-state index contributed by atoms with van der Waals surface area (Å²) in [5.74, 6) is -0.342. The molecule has 0 aliphatic carbocycles. The highest BCUT2D eigenvalue weighted by atomic mass is 35.5. The van der Waals surface area contributed by atoms with Crippen molar-refractivity contribution >= 4 is 35.3 Å². The van der Waals surface area contributed by atoms with Gasteiger partial charge in [-0.15, -0.1) is 0 Å². The topological polar surface area (TPSA) is 41.5 Å². The lowest BCUT2D eigenvalue weighted by atomic mass is 9.87. The van der Waals surface area contributed by atoms with Crippen LogP contribution >= 0.6 is 23.2 Å². The molecular formula is C18H18Cl2N2O. The molecule has 0 unspecified atom stereocenters. The van der Waals surface area contributed by atoms with Crippen LogP contribution in [-0.4, -0.2) is 12.1 Å². The quantitative estimate of drug-likeness (QED) is 0.611. The largest absolute Gasteiger partial charge is 0.271 e. The number of hydrazone groups is 1. The third-order valence-corrected chi connectivity index (χ3v) is 4.08. The molecule has 0 aliphatic rings. The summed E-state index contributed by atoms with van der Waals surface area (Å²) in [5.41, 5.74) is 5.13. The molecule has 0 fully saturated rings. The van der Waals surface area contributed by atoms with Gasteiger partial charge < -0.3 is 0 Å². The van der Waals surface area contributed by atoms with E-state index in [1.54, 1.807) is 18.3 Å². The summed E-state index contributed by atoms with van der Waals surface area (Å²) >= 11 is 11.7. The highest BCUT2D eigenvalue weighted by molar-refractivity contribution is 6.42. The molecule has 2 rings (SSSR count). The minimum atomic E-state index is -0.342. The number of rotatable bonds is 3.